The van der Waals surface area contributed by atoms with Gasteiger partial charge in [0.1, 0.15) is 0 Å². The molecular weight excluding hydrogens is 117 g/mol. The van der Waals surface area contributed by atoms with E-state index in [0.717, 1.165) is 0 Å². The van der Waals surface area contributed by atoms with Gasteiger partial charge in [-0.25, -0.2) is 0 Å². The minimum atomic E-state index is -4.58. The van der Waals surface area contributed by atoms with Gasteiger partial charge in [0, 0.05) is 0 Å². The van der Waals surface area contributed by atoms with E-state index in [9.17, 15) is 0 Å². The summed E-state index contributed by atoms with van der Waals surface area (Å²) in [5, 5.41) is 7.21. The molecule has 0 spiro atoms. The van der Waals surface area contributed by atoms with Crippen LogP contribution in [0.2, 0.25) is 0 Å². The fraction of sp³-hybridized carbons (Fsp3) is 0. The van der Waals surface area contributed by atoms with Crippen molar-refractivity contribution in [2.45, 2.75) is 0 Å². The van der Waals surface area contributed by atoms with Crippen LogP contribution in [0.15, 0.2) is 0 Å². The minimum absolute atomic E-state index is 0. The van der Waals surface area contributed by atoms with Crippen molar-refractivity contribution in [1.29, 1.82) is 0 Å². The van der Waals surface area contributed by atoms with Crippen LogP contribution >= 0.6 is 0 Å². The third-order valence-corrected chi connectivity index (χ3v) is 0.367. The second-order valence-corrected chi connectivity index (χ2v) is 2.00. The summed E-state index contributed by atoms with van der Waals surface area (Å²) < 4.78 is 2.74. The molecule has 0 saturated heterocycles. The molecule has 0 atom stereocenters. The molecule has 0 heterocycles. The molecule has 0 unspecified atom stereocenters. The zero-order chi connectivity index (χ0) is 5.21. The maximum atomic E-state index is 7.60. The Morgan fingerprint density at radius 2 is 1.29 bits per heavy atom. The van der Waals surface area contributed by atoms with Crippen LogP contribution in [0.4, 0.5) is 0 Å². The first kappa shape index (κ1) is 10.2. The SMILES string of the molecule is OO[Si](O)(O)O.[BeH2]. The summed E-state index contributed by atoms with van der Waals surface area (Å²) >= 11 is 0. The number of hydrogen-bond acceptors (Lipinski definition) is 5. The van der Waals surface area contributed by atoms with Crippen molar-refractivity contribution < 1.29 is 24.2 Å². The molecule has 42 valence electrons. The Kier molecular flexibility index (Phi) is 4.71. The Morgan fingerprint density at radius 1 is 1.14 bits per heavy atom. The van der Waals surface area contributed by atoms with E-state index in [0.29, 0.717) is 0 Å². The third kappa shape index (κ3) is 10.7. The number of hydrogen-bond donors (Lipinski definition) is 4. The van der Waals surface area contributed by atoms with E-state index in [1.165, 1.54) is 0 Å². The van der Waals surface area contributed by atoms with E-state index >= 15 is 0 Å². The Morgan fingerprint density at radius 3 is 1.29 bits per heavy atom. The summed E-state index contributed by atoms with van der Waals surface area (Å²) in [6.07, 6.45) is 0. The van der Waals surface area contributed by atoms with Gasteiger partial charge in [-0.1, -0.05) is 0 Å². The second kappa shape index (κ2) is 3.22. The molecule has 0 bridgehead atoms. The predicted molar refractivity (Wildman–Crippen MR) is 24.7 cm³/mol. The van der Waals surface area contributed by atoms with Gasteiger partial charge in [-0.05, 0) is 0 Å². The van der Waals surface area contributed by atoms with Gasteiger partial charge in [0.15, 0.2) is 0 Å². The van der Waals surface area contributed by atoms with Crippen molar-refractivity contribution >= 4 is 19.2 Å². The Balaban J connectivity index is 0. The summed E-state index contributed by atoms with van der Waals surface area (Å²) in [5.41, 5.74) is 0. The van der Waals surface area contributed by atoms with Crippen molar-refractivity contribution in [3.8, 4) is 0 Å². The predicted octanol–water partition coefficient (Wildman–Crippen LogP) is -3.03. The first-order valence-corrected chi connectivity index (χ1v) is 2.81. The van der Waals surface area contributed by atoms with Crippen LogP contribution in [0.1, 0.15) is 0 Å². The normalized spacial score (nSPS) is 10.3. The molecule has 7 heavy (non-hydrogen) atoms. The number of rotatable bonds is 1. The van der Waals surface area contributed by atoms with Crippen LogP contribution in [0.5, 0.6) is 0 Å². The van der Waals surface area contributed by atoms with E-state index in [4.69, 9.17) is 19.6 Å². The van der Waals surface area contributed by atoms with Gasteiger partial charge in [-0.2, -0.15) is 4.58 Å². The molecule has 0 aliphatic heterocycles. The Labute approximate surface area is 44.4 Å². The summed E-state index contributed by atoms with van der Waals surface area (Å²) in [6, 6.07) is 0. The van der Waals surface area contributed by atoms with E-state index in [2.05, 4.69) is 4.58 Å². The molecule has 0 aromatic heterocycles. The first-order chi connectivity index (χ1) is 2.56. The van der Waals surface area contributed by atoms with Crippen LogP contribution in [-0.4, -0.2) is 38.8 Å². The molecule has 0 aliphatic rings. The third-order valence-electron chi connectivity index (χ3n) is 0.122. The monoisotopic (exact) mass is 123 g/mol. The van der Waals surface area contributed by atoms with E-state index < -0.39 is 9.05 Å². The molecule has 0 rings (SSSR count). The zero-order valence-corrected chi connectivity index (χ0v) is 3.70. The van der Waals surface area contributed by atoms with Gasteiger partial charge in [-0.3, -0.25) is 5.26 Å². The molecule has 0 amide bonds. The topological polar surface area (TPSA) is 90.2 Å². The second-order valence-electron chi connectivity index (χ2n) is 0.665. The van der Waals surface area contributed by atoms with Crippen molar-refractivity contribution in [2.24, 2.45) is 0 Å². The van der Waals surface area contributed by atoms with E-state index in [1.54, 1.807) is 0 Å². The molecule has 7 heteroatoms. The van der Waals surface area contributed by atoms with Gasteiger partial charge in [0.05, 0.1) is 0 Å². The van der Waals surface area contributed by atoms with Gasteiger partial charge < -0.3 is 14.4 Å². The average molecular weight is 123 g/mol. The van der Waals surface area contributed by atoms with Crippen LogP contribution < -0.4 is 0 Å². The molecule has 0 aromatic rings. The molecule has 0 saturated carbocycles. The molecule has 0 radical (unpaired) electrons. The van der Waals surface area contributed by atoms with Crippen LogP contribution in [0, 0.1) is 0 Å². The molecular formula is H6BeO5Si. The molecule has 5 nitrogen and oxygen atoms in total. The van der Waals surface area contributed by atoms with Crippen LogP contribution in [0.3, 0.4) is 0 Å². The Bertz CT molecular complexity index is 37.8. The summed E-state index contributed by atoms with van der Waals surface area (Å²) in [6.45, 7) is 0. The van der Waals surface area contributed by atoms with Crippen molar-refractivity contribution in [1.82, 2.24) is 0 Å². The van der Waals surface area contributed by atoms with Gasteiger partial charge in [0.2, 0.25) is 0 Å². The molecule has 0 aromatic carbocycles. The van der Waals surface area contributed by atoms with Crippen molar-refractivity contribution in [3.63, 3.8) is 0 Å². The summed E-state index contributed by atoms with van der Waals surface area (Å²) in [7, 11) is -4.58. The van der Waals surface area contributed by atoms with E-state index in [-0.39, 0.29) is 10.1 Å². The van der Waals surface area contributed by atoms with Crippen molar-refractivity contribution in [3.05, 3.63) is 0 Å². The fourth-order valence-electron chi connectivity index (χ4n) is 0. The van der Waals surface area contributed by atoms with Gasteiger partial charge >= 0.3 is 19.2 Å². The Hall–Kier alpha value is 0.186. The summed E-state index contributed by atoms with van der Waals surface area (Å²) in [4.78, 5) is 22.8. The fourth-order valence-corrected chi connectivity index (χ4v) is 0. The quantitative estimate of drug-likeness (QED) is 0.169. The zero-order valence-electron chi connectivity index (χ0n) is 2.70. The standard InChI is InChI=1S/Be.H4O5Si.2H/c;1-5-6(2,3)4;;/h;1-4H;;. The molecule has 0 aliphatic carbocycles. The van der Waals surface area contributed by atoms with Crippen molar-refractivity contribution in [2.75, 3.05) is 0 Å². The summed E-state index contributed by atoms with van der Waals surface area (Å²) in [5.74, 6) is 0. The molecule has 0 fully saturated rings. The average Bonchev–Trinajstić information content (AvgIpc) is 1.35. The van der Waals surface area contributed by atoms with Crippen LogP contribution in [-0.2, 0) is 4.58 Å². The van der Waals surface area contributed by atoms with Gasteiger partial charge in [-0.15, -0.1) is 0 Å². The van der Waals surface area contributed by atoms with Crippen LogP contribution in [0.25, 0.3) is 0 Å². The van der Waals surface area contributed by atoms with E-state index in [1.807, 2.05) is 0 Å². The first-order valence-electron chi connectivity index (χ1n) is 1.06. The maximum absolute atomic E-state index is 7.60. The molecule has 4 N–H and O–H groups in total. The van der Waals surface area contributed by atoms with Gasteiger partial charge in [0.25, 0.3) is 0 Å².